The van der Waals surface area contributed by atoms with E-state index < -0.39 is 0 Å². The van der Waals surface area contributed by atoms with Gasteiger partial charge >= 0.3 is 0 Å². The Morgan fingerprint density at radius 1 is 1.28 bits per heavy atom. The molecule has 18 heavy (non-hydrogen) atoms. The predicted molar refractivity (Wildman–Crippen MR) is 75.7 cm³/mol. The first-order valence-electron chi connectivity index (χ1n) is 7.84. The Balaban J connectivity index is 1.71. The fourth-order valence-corrected chi connectivity index (χ4v) is 3.55. The molecule has 1 saturated carbocycles. The Morgan fingerprint density at radius 3 is 2.78 bits per heavy atom. The first-order valence-corrected chi connectivity index (χ1v) is 7.84. The van der Waals surface area contributed by atoms with Crippen molar-refractivity contribution < 1.29 is 5.11 Å². The van der Waals surface area contributed by atoms with Gasteiger partial charge in [0, 0.05) is 19.1 Å². The average molecular weight is 254 g/mol. The molecule has 3 nitrogen and oxygen atoms in total. The van der Waals surface area contributed by atoms with Gasteiger partial charge in [-0.3, -0.25) is 0 Å². The minimum absolute atomic E-state index is 0.0526. The lowest BCUT2D eigenvalue weighted by Gasteiger charge is -2.36. The third-order valence-electron chi connectivity index (χ3n) is 5.02. The Hall–Kier alpha value is -0.120. The minimum Gasteiger partial charge on any atom is -0.393 e. The summed E-state index contributed by atoms with van der Waals surface area (Å²) in [5, 5.41) is 13.5. The van der Waals surface area contributed by atoms with Crippen LogP contribution < -0.4 is 5.32 Å². The Labute approximate surface area is 112 Å². The predicted octanol–water partition coefficient (Wildman–Crippen LogP) is 1.86. The van der Waals surface area contributed by atoms with Crippen molar-refractivity contribution in [1.29, 1.82) is 0 Å². The van der Waals surface area contributed by atoms with Gasteiger partial charge in [-0.2, -0.15) is 0 Å². The molecule has 0 bridgehead atoms. The zero-order valence-electron chi connectivity index (χ0n) is 12.1. The van der Waals surface area contributed by atoms with Crippen molar-refractivity contribution in [2.24, 2.45) is 11.8 Å². The molecule has 0 aromatic carbocycles. The van der Waals surface area contributed by atoms with Crippen LogP contribution in [0.15, 0.2) is 0 Å². The number of likely N-dealkylation sites (tertiary alicyclic amines) is 1. The smallest absolute Gasteiger partial charge is 0.0580 e. The van der Waals surface area contributed by atoms with Crippen LogP contribution in [-0.2, 0) is 0 Å². The lowest BCUT2D eigenvalue weighted by Crippen LogP contribution is -2.45. The lowest BCUT2D eigenvalue weighted by molar-refractivity contribution is 0.120. The maximum absolute atomic E-state index is 9.84. The van der Waals surface area contributed by atoms with Gasteiger partial charge in [0.25, 0.3) is 0 Å². The molecule has 0 amide bonds. The summed E-state index contributed by atoms with van der Waals surface area (Å²) in [6.07, 6.45) is 6.06. The zero-order valence-corrected chi connectivity index (χ0v) is 12.1. The standard InChI is InChI=1S/C15H30N2O/c1-3-17-9-5-7-14(11-17)12(2)16-10-13-6-4-8-15(13)18/h12-16,18H,3-11H2,1-2H3. The summed E-state index contributed by atoms with van der Waals surface area (Å²) < 4.78 is 0. The molecule has 0 aromatic heterocycles. The second kappa shape index (κ2) is 6.88. The van der Waals surface area contributed by atoms with E-state index in [2.05, 4.69) is 24.1 Å². The van der Waals surface area contributed by atoms with Crippen LogP contribution in [0.3, 0.4) is 0 Å². The number of piperidine rings is 1. The van der Waals surface area contributed by atoms with E-state index in [1.807, 2.05) is 0 Å². The van der Waals surface area contributed by atoms with Gasteiger partial charge in [0.05, 0.1) is 6.10 Å². The summed E-state index contributed by atoms with van der Waals surface area (Å²) in [4.78, 5) is 2.57. The summed E-state index contributed by atoms with van der Waals surface area (Å²) in [5.74, 6) is 1.29. The normalized spacial score (nSPS) is 35.8. The number of hydrogen-bond acceptors (Lipinski definition) is 3. The number of aliphatic hydroxyl groups excluding tert-OH is 1. The molecule has 2 rings (SSSR count). The summed E-state index contributed by atoms with van der Waals surface area (Å²) >= 11 is 0. The molecule has 1 heterocycles. The maximum atomic E-state index is 9.84. The molecule has 1 aliphatic heterocycles. The van der Waals surface area contributed by atoms with Gasteiger partial charge in [0.1, 0.15) is 0 Å². The molecular weight excluding hydrogens is 224 g/mol. The van der Waals surface area contributed by atoms with Crippen LogP contribution in [-0.4, -0.2) is 48.3 Å². The van der Waals surface area contributed by atoms with Crippen LogP contribution in [0.2, 0.25) is 0 Å². The molecule has 2 fully saturated rings. The monoisotopic (exact) mass is 254 g/mol. The molecule has 1 aliphatic carbocycles. The van der Waals surface area contributed by atoms with Crippen molar-refractivity contribution >= 4 is 0 Å². The van der Waals surface area contributed by atoms with Crippen LogP contribution in [0.4, 0.5) is 0 Å². The highest BCUT2D eigenvalue weighted by Crippen LogP contribution is 2.25. The average Bonchev–Trinajstić information content (AvgIpc) is 2.81. The van der Waals surface area contributed by atoms with Crippen molar-refractivity contribution in [3.63, 3.8) is 0 Å². The van der Waals surface area contributed by atoms with Crippen LogP contribution in [0, 0.1) is 11.8 Å². The largest absolute Gasteiger partial charge is 0.393 e. The molecule has 0 aromatic rings. The minimum atomic E-state index is -0.0526. The second-order valence-electron chi connectivity index (χ2n) is 6.25. The quantitative estimate of drug-likeness (QED) is 0.786. The number of nitrogens with one attached hydrogen (secondary N) is 1. The Kier molecular flexibility index (Phi) is 5.46. The highest BCUT2D eigenvalue weighted by molar-refractivity contribution is 4.83. The van der Waals surface area contributed by atoms with E-state index in [-0.39, 0.29) is 6.10 Å². The van der Waals surface area contributed by atoms with Gasteiger partial charge in [-0.25, -0.2) is 0 Å². The lowest BCUT2D eigenvalue weighted by atomic mass is 9.91. The van der Waals surface area contributed by atoms with Crippen molar-refractivity contribution in [3.8, 4) is 0 Å². The summed E-state index contributed by atoms with van der Waals surface area (Å²) in [6, 6.07) is 0.590. The Morgan fingerprint density at radius 2 is 2.11 bits per heavy atom. The molecule has 3 heteroatoms. The number of hydrogen-bond donors (Lipinski definition) is 2. The molecule has 106 valence electrons. The Bertz CT molecular complexity index is 247. The van der Waals surface area contributed by atoms with Crippen LogP contribution in [0.1, 0.15) is 46.0 Å². The topological polar surface area (TPSA) is 35.5 Å². The van der Waals surface area contributed by atoms with Crippen molar-refractivity contribution in [2.75, 3.05) is 26.2 Å². The van der Waals surface area contributed by atoms with E-state index in [0.29, 0.717) is 12.0 Å². The number of nitrogens with zero attached hydrogens (tertiary/aromatic N) is 1. The van der Waals surface area contributed by atoms with Gasteiger partial charge in [0.2, 0.25) is 0 Å². The summed E-state index contributed by atoms with van der Waals surface area (Å²) in [7, 11) is 0. The van der Waals surface area contributed by atoms with E-state index in [9.17, 15) is 5.11 Å². The number of aliphatic hydroxyl groups is 1. The highest BCUT2D eigenvalue weighted by Gasteiger charge is 2.27. The van der Waals surface area contributed by atoms with E-state index in [4.69, 9.17) is 0 Å². The van der Waals surface area contributed by atoms with Crippen LogP contribution in [0.25, 0.3) is 0 Å². The number of rotatable bonds is 5. The van der Waals surface area contributed by atoms with Gasteiger partial charge in [0.15, 0.2) is 0 Å². The first-order chi connectivity index (χ1) is 8.70. The zero-order chi connectivity index (χ0) is 13.0. The fraction of sp³-hybridized carbons (Fsp3) is 1.00. The van der Waals surface area contributed by atoms with Gasteiger partial charge < -0.3 is 15.3 Å². The van der Waals surface area contributed by atoms with Crippen molar-refractivity contribution in [3.05, 3.63) is 0 Å². The SMILES string of the molecule is CCN1CCCC(C(C)NCC2CCCC2O)C1. The van der Waals surface area contributed by atoms with Gasteiger partial charge in [-0.15, -0.1) is 0 Å². The molecule has 1 saturated heterocycles. The second-order valence-corrected chi connectivity index (χ2v) is 6.25. The van der Waals surface area contributed by atoms with Gasteiger partial charge in [-0.05, 0) is 57.5 Å². The third kappa shape index (κ3) is 3.69. The molecule has 2 aliphatic rings. The summed E-state index contributed by atoms with van der Waals surface area (Å²) in [6.45, 7) is 9.30. The van der Waals surface area contributed by atoms with E-state index >= 15 is 0 Å². The van der Waals surface area contributed by atoms with E-state index in [0.717, 1.165) is 18.9 Å². The molecule has 4 atom stereocenters. The molecule has 0 spiro atoms. The van der Waals surface area contributed by atoms with Crippen molar-refractivity contribution in [2.45, 2.75) is 58.1 Å². The van der Waals surface area contributed by atoms with E-state index in [1.54, 1.807) is 0 Å². The van der Waals surface area contributed by atoms with Crippen molar-refractivity contribution in [1.82, 2.24) is 10.2 Å². The molecule has 2 N–H and O–H groups in total. The maximum Gasteiger partial charge on any atom is 0.0580 e. The molecule has 0 radical (unpaired) electrons. The van der Waals surface area contributed by atoms with Crippen LogP contribution in [0.5, 0.6) is 0 Å². The van der Waals surface area contributed by atoms with Crippen LogP contribution >= 0.6 is 0 Å². The summed E-state index contributed by atoms with van der Waals surface area (Å²) in [5.41, 5.74) is 0. The molecule has 4 unspecified atom stereocenters. The van der Waals surface area contributed by atoms with E-state index in [1.165, 1.54) is 45.3 Å². The molecular formula is C15H30N2O. The third-order valence-corrected chi connectivity index (χ3v) is 5.02. The first kappa shape index (κ1) is 14.3. The van der Waals surface area contributed by atoms with Gasteiger partial charge in [-0.1, -0.05) is 13.3 Å². The fourth-order valence-electron chi connectivity index (χ4n) is 3.55. The highest BCUT2D eigenvalue weighted by atomic mass is 16.3.